The zero-order valence-corrected chi connectivity index (χ0v) is 8.31. The number of carbonyl (C=O) groups is 1. The third-order valence-corrected chi connectivity index (χ3v) is 2.46. The summed E-state index contributed by atoms with van der Waals surface area (Å²) in [6, 6.07) is -0.0334. The van der Waals surface area contributed by atoms with Gasteiger partial charge in [0.2, 0.25) is 5.91 Å². The highest BCUT2D eigenvalue weighted by molar-refractivity contribution is 5.81. The summed E-state index contributed by atoms with van der Waals surface area (Å²) in [5.74, 6) is 0.0587. The van der Waals surface area contributed by atoms with E-state index in [1.165, 1.54) is 0 Å². The third kappa shape index (κ3) is 2.61. The fourth-order valence-corrected chi connectivity index (χ4v) is 1.78. The molecule has 0 spiro atoms. The van der Waals surface area contributed by atoms with Crippen LogP contribution in [0, 0.1) is 0 Å². The zero-order valence-electron chi connectivity index (χ0n) is 8.31. The van der Waals surface area contributed by atoms with Gasteiger partial charge in [-0.1, -0.05) is 5.11 Å². The van der Waals surface area contributed by atoms with E-state index in [4.69, 9.17) is 5.53 Å². The van der Waals surface area contributed by atoms with Crippen LogP contribution in [0.1, 0.15) is 12.8 Å². The molecule has 1 unspecified atom stereocenters. The standard InChI is InChI=1S/C8H15N5O/c1-10-8(14)7-3-2-5-13(7)6-4-11-12-9/h7H,2-6H2,1H3,(H,10,14). The maximum Gasteiger partial charge on any atom is 0.237 e. The number of amides is 1. The number of hydrogen-bond donors (Lipinski definition) is 1. The first-order chi connectivity index (χ1) is 6.79. The SMILES string of the molecule is CNC(=O)C1CCCN1CCN=[N+]=[N-]. The van der Waals surface area contributed by atoms with E-state index in [-0.39, 0.29) is 11.9 Å². The summed E-state index contributed by atoms with van der Waals surface area (Å²) in [6.07, 6.45) is 1.93. The third-order valence-electron chi connectivity index (χ3n) is 2.46. The Bertz CT molecular complexity index is 248. The van der Waals surface area contributed by atoms with Gasteiger partial charge in [0.25, 0.3) is 0 Å². The van der Waals surface area contributed by atoms with Crippen molar-refractivity contribution in [1.29, 1.82) is 0 Å². The van der Waals surface area contributed by atoms with Crippen LogP contribution in [0.15, 0.2) is 5.11 Å². The first kappa shape index (κ1) is 10.8. The lowest BCUT2D eigenvalue weighted by atomic mass is 10.2. The summed E-state index contributed by atoms with van der Waals surface area (Å²) in [4.78, 5) is 16.1. The van der Waals surface area contributed by atoms with E-state index in [1.54, 1.807) is 7.05 Å². The van der Waals surface area contributed by atoms with Crippen LogP contribution in [-0.2, 0) is 4.79 Å². The molecule has 0 aromatic heterocycles. The number of hydrogen-bond acceptors (Lipinski definition) is 3. The average molecular weight is 197 g/mol. The molecule has 1 atom stereocenters. The van der Waals surface area contributed by atoms with E-state index in [2.05, 4.69) is 20.2 Å². The van der Waals surface area contributed by atoms with Gasteiger partial charge in [0, 0.05) is 25.0 Å². The second-order valence-electron chi connectivity index (χ2n) is 3.26. The molecule has 6 heteroatoms. The Morgan fingerprint density at radius 3 is 3.21 bits per heavy atom. The summed E-state index contributed by atoms with van der Waals surface area (Å²) >= 11 is 0. The quantitative estimate of drug-likeness (QED) is 0.404. The van der Waals surface area contributed by atoms with Crippen molar-refractivity contribution in [3.8, 4) is 0 Å². The minimum absolute atomic E-state index is 0.0334. The molecule has 1 fully saturated rings. The number of carbonyl (C=O) groups excluding carboxylic acids is 1. The summed E-state index contributed by atoms with van der Waals surface area (Å²) in [6.45, 7) is 2.02. The Labute approximate surface area is 82.9 Å². The maximum absolute atomic E-state index is 11.4. The highest BCUT2D eigenvalue weighted by Crippen LogP contribution is 2.16. The number of likely N-dealkylation sites (N-methyl/N-ethyl adjacent to an activating group) is 1. The largest absolute Gasteiger partial charge is 0.358 e. The van der Waals surface area contributed by atoms with Crippen LogP contribution in [0.5, 0.6) is 0 Å². The Morgan fingerprint density at radius 2 is 2.57 bits per heavy atom. The van der Waals surface area contributed by atoms with Crippen LogP contribution in [0.25, 0.3) is 10.4 Å². The van der Waals surface area contributed by atoms with Gasteiger partial charge in [-0.05, 0) is 24.9 Å². The van der Waals surface area contributed by atoms with E-state index >= 15 is 0 Å². The molecular formula is C8H15N5O. The summed E-state index contributed by atoms with van der Waals surface area (Å²) in [5.41, 5.74) is 8.12. The van der Waals surface area contributed by atoms with Gasteiger partial charge in [-0.25, -0.2) is 0 Å². The molecule has 0 radical (unpaired) electrons. The van der Waals surface area contributed by atoms with Crippen molar-refractivity contribution in [2.45, 2.75) is 18.9 Å². The minimum atomic E-state index is -0.0334. The van der Waals surface area contributed by atoms with Crippen molar-refractivity contribution in [3.63, 3.8) is 0 Å². The minimum Gasteiger partial charge on any atom is -0.358 e. The number of likely N-dealkylation sites (tertiary alicyclic amines) is 1. The smallest absolute Gasteiger partial charge is 0.237 e. The average Bonchev–Trinajstić information content (AvgIpc) is 2.65. The van der Waals surface area contributed by atoms with Gasteiger partial charge in [-0.3, -0.25) is 9.69 Å². The molecule has 1 aliphatic rings. The van der Waals surface area contributed by atoms with Crippen molar-refractivity contribution in [3.05, 3.63) is 10.4 Å². The van der Waals surface area contributed by atoms with Crippen molar-refractivity contribution in [2.75, 3.05) is 26.7 Å². The Hall–Kier alpha value is -1.26. The van der Waals surface area contributed by atoms with E-state index in [0.29, 0.717) is 13.1 Å². The molecule has 1 amide bonds. The van der Waals surface area contributed by atoms with Crippen LogP contribution in [-0.4, -0.2) is 43.5 Å². The Balaban J connectivity index is 2.42. The molecule has 14 heavy (non-hydrogen) atoms. The van der Waals surface area contributed by atoms with Gasteiger partial charge < -0.3 is 5.32 Å². The lowest BCUT2D eigenvalue weighted by molar-refractivity contribution is -0.124. The second kappa shape index (κ2) is 5.47. The summed E-state index contributed by atoms with van der Waals surface area (Å²) in [5, 5.41) is 6.11. The van der Waals surface area contributed by atoms with Crippen molar-refractivity contribution in [2.24, 2.45) is 5.11 Å². The van der Waals surface area contributed by atoms with Crippen LogP contribution in [0.4, 0.5) is 0 Å². The van der Waals surface area contributed by atoms with Crippen molar-refractivity contribution < 1.29 is 4.79 Å². The number of rotatable bonds is 4. The van der Waals surface area contributed by atoms with Gasteiger partial charge >= 0.3 is 0 Å². The Kier molecular flexibility index (Phi) is 4.22. The summed E-state index contributed by atoms with van der Waals surface area (Å²) < 4.78 is 0. The molecule has 1 N–H and O–H groups in total. The first-order valence-electron chi connectivity index (χ1n) is 4.76. The monoisotopic (exact) mass is 197 g/mol. The van der Waals surface area contributed by atoms with E-state index in [0.717, 1.165) is 19.4 Å². The van der Waals surface area contributed by atoms with Crippen molar-refractivity contribution in [1.82, 2.24) is 10.2 Å². The van der Waals surface area contributed by atoms with Gasteiger partial charge in [0.1, 0.15) is 0 Å². The molecule has 78 valence electrons. The van der Waals surface area contributed by atoms with Crippen LogP contribution in [0.2, 0.25) is 0 Å². The molecule has 1 saturated heterocycles. The first-order valence-corrected chi connectivity index (χ1v) is 4.76. The molecule has 1 aliphatic heterocycles. The fraction of sp³-hybridized carbons (Fsp3) is 0.875. The second-order valence-corrected chi connectivity index (χ2v) is 3.26. The van der Waals surface area contributed by atoms with E-state index in [9.17, 15) is 4.79 Å². The van der Waals surface area contributed by atoms with Gasteiger partial charge in [-0.2, -0.15) is 0 Å². The van der Waals surface area contributed by atoms with E-state index < -0.39 is 0 Å². The highest BCUT2D eigenvalue weighted by Gasteiger charge is 2.28. The molecular weight excluding hydrogens is 182 g/mol. The zero-order chi connectivity index (χ0) is 10.4. The molecule has 0 aromatic carbocycles. The van der Waals surface area contributed by atoms with Gasteiger partial charge in [-0.15, -0.1) is 0 Å². The normalized spacial score (nSPS) is 21.6. The number of nitrogens with one attached hydrogen (secondary N) is 1. The van der Waals surface area contributed by atoms with Crippen LogP contribution >= 0.6 is 0 Å². The highest BCUT2D eigenvalue weighted by atomic mass is 16.2. The van der Waals surface area contributed by atoms with E-state index in [1.807, 2.05) is 0 Å². The Morgan fingerprint density at radius 1 is 1.79 bits per heavy atom. The molecule has 0 bridgehead atoms. The lowest BCUT2D eigenvalue weighted by Gasteiger charge is -2.21. The van der Waals surface area contributed by atoms with Crippen molar-refractivity contribution >= 4 is 5.91 Å². The van der Waals surface area contributed by atoms with Crippen LogP contribution in [0.3, 0.4) is 0 Å². The van der Waals surface area contributed by atoms with Gasteiger partial charge in [0.05, 0.1) is 6.04 Å². The topological polar surface area (TPSA) is 81.1 Å². The molecule has 0 saturated carbocycles. The fourth-order valence-electron chi connectivity index (χ4n) is 1.78. The number of nitrogens with zero attached hydrogens (tertiary/aromatic N) is 4. The summed E-state index contributed by atoms with van der Waals surface area (Å²) in [7, 11) is 1.65. The molecule has 1 heterocycles. The lowest BCUT2D eigenvalue weighted by Crippen LogP contribution is -2.42. The van der Waals surface area contributed by atoms with Crippen LogP contribution < -0.4 is 5.32 Å². The maximum atomic E-state index is 11.4. The predicted molar refractivity (Wildman–Crippen MR) is 52.7 cm³/mol. The molecule has 1 rings (SSSR count). The molecule has 0 aliphatic carbocycles. The van der Waals surface area contributed by atoms with Gasteiger partial charge in [0.15, 0.2) is 0 Å². The predicted octanol–water partition coefficient (Wildman–Crippen LogP) is 0.507. The molecule has 0 aromatic rings. The number of azide groups is 1. The molecule has 6 nitrogen and oxygen atoms in total.